The first-order valence-corrected chi connectivity index (χ1v) is 7.20. The van der Waals surface area contributed by atoms with Crippen LogP contribution in [0.5, 0.6) is 0 Å². The number of nitrogens with one attached hydrogen (secondary N) is 2. The van der Waals surface area contributed by atoms with E-state index in [9.17, 15) is 9.59 Å². The number of likely N-dealkylation sites (tertiary alicyclic amines) is 1. The van der Waals surface area contributed by atoms with E-state index in [1.807, 2.05) is 0 Å². The van der Waals surface area contributed by atoms with E-state index < -0.39 is 0 Å². The predicted octanol–water partition coefficient (Wildman–Crippen LogP) is -0.806. The van der Waals surface area contributed by atoms with Crippen LogP contribution in [-0.2, 0) is 9.59 Å². The van der Waals surface area contributed by atoms with Gasteiger partial charge in [0.05, 0.1) is 6.54 Å². The molecular weight excluding hydrogens is 244 g/mol. The number of carbonyl (C=O) groups is 2. The van der Waals surface area contributed by atoms with E-state index >= 15 is 0 Å². The summed E-state index contributed by atoms with van der Waals surface area (Å²) in [6.45, 7) is 2.82. The number of hydrogen-bond donors (Lipinski definition) is 3. The highest BCUT2D eigenvalue weighted by Crippen LogP contribution is 2.08. The Labute approximate surface area is 114 Å². The number of carbonyl (C=O) groups excluding carboxylic acids is 2. The quantitative estimate of drug-likeness (QED) is 0.625. The fourth-order valence-corrected chi connectivity index (χ4v) is 2.63. The highest BCUT2D eigenvalue weighted by Gasteiger charge is 2.24. The molecule has 0 aromatic rings. The molecular formula is C13H24N4O2. The molecule has 108 valence electrons. The lowest BCUT2D eigenvalue weighted by Crippen LogP contribution is -2.50. The van der Waals surface area contributed by atoms with Gasteiger partial charge in [0.15, 0.2) is 0 Å². The van der Waals surface area contributed by atoms with Gasteiger partial charge in [-0.1, -0.05) is 0 Å². The van der Waals surface area contributed by atoms with Crippen molar-refractivity contribution >= 4 is 11.8 Å². The molecule has 6 heteroatoms. The highest BCUT2D eigenvalue weighted by molar-refractivity contribution is 5.88. The second-order valence-corrected chi connectivity index (χ2v) is 5.52. The van der Waals surface area contributed by atoms with Crippen molar-refractivity contribution < 1.29 is 9.59 Å². The topological polar surface area (TPSA) is 87.5 Å². The van der Waals surface area contributed by atoms with Crippen molar-refractivity contribution in [2.75, 3.05) is 26.2 Å². The fourth-order valence-electron chi connectivity index (χ4n) is 2.63. The number of nitrogens with zero attached hydrogens (tertiary/aromatic N) is 1. The average molecular weight is 268 g/mol. The summed E-state index contributed by atoms with van der Waals surface area (Å²) in [5.74, 6) is -0.107. The zero-order chi connectivity index (χ0) is 13.7. The smallest absolute Gasteiger partial charge is 0.242 e. The molecule has 2 heterocycles. The Hall–Kier alpha value is -1.14. The Balaban J connectivity index is 1.75. The van der Waals surface area contributed by atoms with Gasteiger partial charge < -0.3 is 16.4 Å². The van der Waals surface area contributed by atoms with Gasteiger partial charge >= 0.3 is 0 Å². The molecule has 2 saturated heterocycles. The molecule has 2 rings (SSSR count). The summed E-state index contributed by atoms with van der Waals surface area (Å²) < 4.78 is 0. The summed E-state index contributed by atoms with van der Waals surface area (Å²) in [5, 5.41) is 5.67. The highest BCUT2D eigenvalue weighted by atomic mass is 16.2. The fraction of sp³-hybridized carbons (Fsp3) is 0.846. The first kappa shape index (κ1) is 14.3. The minimum Gasteiger partial charge on any atom is -0.354 e. The zero-order valence-corrected chi connectivity index (χ0v) is 11.4. The Morgan fingerprint density at radius 2 is 2.05 bits per heavy atom. The molecule has 1 unspecified atom stereocenters. The van der Waals surface area contributed by atoms with Crippen LogP contribution in [0, 0.1) is 0 Å². The summed E-state index contributed by atoms with van der Waals surface area (Å²) in [4.78, 5) is 25.8. The lowest BCUT2D eigenvalue weighted by Gasteiger charge is -2.29. The molecule has 0 aliphatic carbocycles. The molecule has 2 fully saturated rings. The van der Waals surface area contributed by atoms with E-state index in [4.69, 9.17) is 5.73 Å². The molecule has 1 atom stereocenters. The van der Waals surface area contributed by atoms with Crippen LogP contribution in [0.15, 0.2) is 0 Å². The second-order valence-electron chi connectivity index (χ2n) is 5.52. The third kappa shape index (κ3) is 4.47. The third-order valence-corrected chi connectivity index (χ3v) is 3.87. The number of hydrogen-bond acceptors (Lipinski definition) is 4. The summed E-state index contributed by atoms with van der Waals surface area (Å²) in [6, 6.07) is -0.0889. The normalized spacial score (nSPS) is 26.6. The van der Waals surface area contributed by atoms with Crippen LogP contribution in [0.3, 0.4) is 0 Å². The van der Waals surface area contributed by atoms with Crippen molar-refractivity contribution in [1.82, 2.24) is 15.5 Å². The molecule has 0 aromatic heterocycles. The van der Waals surface area contributed by atoms with Crippen LogP contribution in [-0.4, -0.2) is 55.0 Å². The van der Waals surface area contributed by atoms with Crippen molar-refractivity contribution in [2.24, 2.45) is 5.73 Å². The van der Waals surface area contributed by atoms with Gasteiger partial charge in [0, 0.05) is 25.7 Å². The Kier molecular flexibility index (Phi) is 5.15. The molecule has 0 bridgehead atoms. The summed E-state index contributed by atoms with van der Waals surface area (Å²) >= 11 is 0. The minimum atomic E-state index is -0.359. The largest absolute Gasteiger partial charge is 0.354 e. The van der Waals surface area contributed by atoms with Crippen LogP contribution in [0.4, 0.5) is 0 Å². The Morgan fingerprint density at radius 1 is 1.32 bits per heavy atom. The third-order valence-electron chi connectivity index (χ3n) is 3.87. The van der Waals surface area contributed by atoms with Gasteiger partial charge in [-0.2, -0.15) is 0 Å². The molecule has 0 spiro atoms. The summed E-state index contributed by atoms with van der Waals surface area (Å²) in [7, 11) is 0. The van der Waals surface area contributed by atoms with E-state index in [0.717, 1.165) is 51.7 Å². The Bertz CT molecular complexity index is 327. The van der Waals surface area contributed by atoms with Gasteiger partial charge in [-0.05, 0) is 32.1 Å². The molecule has 19 heavy (non-hydrogen) atoms. The molecule has 4 N–H and O–H groups in total. The SMILES string of the molecule is NC1CCN(CC(=O)NC2CCCCNC2=O)CC1. The van der Waals surface area contributed by atoms with E-state index in [1.54, 1.807) is 0 Å². The van der Waals surface area contributed by atoms with Crippen molar-refractivity contribution in [1.29, 1.82) is 0 Å². The van der Waals surface area contributed by atoms with Crippen LogP contribution in [0.25, 0.3) is 0 Å². The molecule has 2 aliphatic rings. The van der Waals surface area contributed by atoms with Crippen molar-refractivity contribution in [2.45, 2.75) is 44.2 Å². The van der Waals surface area contributed by atoms with Gasteiger partial charge in [-0.15, -0.1) is 0 Å². The number of piperidine rings is 1. The minimum absolute atomic E-state index is 0.0495. The van der Waals surface area contributed by atoms with Crippen LogP contribution < -0.4 is 16.4 Å². The molecule has 2 amide bonds. The molecule has 6 nitrogen and oxygen atoms in total. The van der Waals surface area contributed by atoms with Gasteiger partial charge in [0.25, 0.3) is 0 Å². The van der Waals surface area contributed by atoms with E-state index in [-0.39, 0.29) is 23.9 Å². The number of nitrogens with two attached hydrogens (primary N) is 1. The number of amides is 2. The zero-order valence-electron chi connectivity index (χ0n) is 11.4. The van der Waals surface area contributed by atoms with Crippen LogP contribution >= 0.6 is 0 Å². The van der Waals surface area contributed by atoms with Gasteiger partial charge in [-0.3, -0.25) is 14.5 Å². The monoisotopic (exact) mass is 268 g/mol. The summed E-state index contributed by atoms with van der Waals surface area (Å²) in [6.07, 6.45) is 4.58. The predicted molar refractivity (Wildman–Crippen MR) is 72.4 cm³/mol. The first-order valence-electron chi connectivity index (χ1n) is 7.20. The Morgan fingerprint density at radius 3 is 2.79 bits per heavy atom. The number of rotatable bonds is 3. The van der Waals surface area contributed by atoms with E-state index in [0.29, 0.717) is 6.54 Å². The van der Waals surface area contributed by atoms with Crippen LogP contribution in [0.2, 0.25) is 0 Å². The molecule has 0 radical (unpaired) electrons. The first-order chi connectivity index (χ1) is 9.15. The second kappa shape index (κ2) is 6.86. The van der Waals surface area contributed by atoms with Crippen LogP contribution in [0.1, 0.15) is 32.1 Å². The van der Waals surface area contributed by atoms with Crippen molar-refractivity contribution in [3.63, 3.8) is 0 Å². The van der Waals surface area contributed by atoms with Gasteiger partial charge in [0.2, 0.25) is 11.8 Å². The maximum Gasteiger partial charge on any atom is 0.242 e. The molecule has 2 aliphatic heterocycles. The van der Waals surface area contributed by atoms with Gasteiger partial charge in [-0.25, -0.2) is 0 Å². The maximum absolute atomic E-state index is 12.0. The van der Waals surface area contributed by atoms with Crippen molar-refractivity contribution in [3.05, 3.63) is 0 Å². The summed E-state index contributed by atoms with van der Waals surface area (Å²) in [5.41, 5.74) is 5.83. The lowest BCUT2D eigenvalue weighted by molar-refractivity contribution is -0.129. The van der Waals surface area contributed by atoms with Gasteiger partial charge in [0.1, 0.15) is 6.04 Å². The van der Waals surface area contributed by atoms with Crippen molar-refractivity contribution in [3.8, 4) is 0 Å². The standard InChI is InChI=1S/C13H24N4O2/c14-10-4-7-17(8-5-10)9-12(18)16-11-3-1-2-6-15-13(11)19/h10-11H,1-9,14H2,(H,15,19)(H,16,18). The molecule has 0 aromatic carbocycles. The molecule has 0 saturated carbocycles. The van der Waals surface area contributed by atoms with E-state index in [1.165, 1.54) is 0 Å². The maximum atomic E-state index is 12.0. The average Bonchev–Trinajstić information content (AvgIpc) is 2.58. The van der Waals surface area contributed by atoms with E-state index in [2.05, 4.69) is 15.5 Å². The lowest BCUT2D eigenvalue weighted by atomic mass is 10.1.